The Bertz CT molecular complexity index is 465. The van der Waals surface area contributed by atoms with E-state index >= 15 is 0 Å². The van der Waals surface area contributed by atoms with E-state index in [9.17, 15) is 5.11 Å². The SMILES string of the molecule is CC1CCN(C[C@H](O)CN2CCc3c(ncn3C)C2)CC1. The number of hydrogen-bond acceptors (Lipinski definition) is 4. The number of aryl methyl sites for hydroxylation is 1. The van der Waals surface area contributed by atoms with Gasteiger partial charge in [-0.15, -0.1) is 0 Å². The van der Waals surface area contributed by atoms with Crippen LogP contribution in [0.5, 0.6) is 0 Å². The summed E-state index contributed by atoms with van der Waals surface area (Å²) in [5.74, 6) is 0.850. The van der Waals surface area contributed by atoms with Crippen LogP contribution in [0.3, 0.4) is 0 Å². The van der Waals surface area contributed by atoms with Crippen molar-refractivity contribution < 1.29 is 5.11 Å². The number of aromatic nitrogens is 2. The number of imidazole rings is 1. The first-order valence-corrected chi connectivity index (χ1v) is 8.23. The summed E-state index contributed by atoms with van der Waals surface area (Å²) in [6.07, 6.45) is 5.24. The molecule has 5 heteroatoms. The van der Waals surface area contributed by atoms with Crippen LogP contribution in [-0.4, -0.2) is 63.3 Å². The number of fused-ring (bicyclic) bond motifs is 1. The summed E-state index contributed by atoms with van der Waals surface area (Å²) in [4.78, 5) is 9.22. The fraction of sp³-hybridized carbons (Fsp3) is 0.812. The van der Waals surface area contributed by atoms with Crippen molar-refractivity contribution in [2.45, 2.75) is 38.8 Å². The summed E-state index contributed by atoms with van der Waals surface area (Å²) < 4.78 is 2.12. The van der Waals surface area contributed by atoms with E-state index in [0.717, 1.165) is 51.6 Å². The molecular formula is C16H28N4O. The maximum absolute atomic E-state index is 10.4. The van der Waals surface area contributed by atoms with E-state index < -0.39 is 0 Å². The van der Waals surface area contributed by atoms with Crippen LogP contribution in [0, 0.1) is 5.92 Å². The molecule has 0 aliphatic carbocycles. The van der Waals surface area contributed by atoms with Gasteiger partial charge in [0.25, 0.3) is 0 Å². The molecule has 2 aliphatic heterocycles. The Morgan fingerprint density at radius 2 is 1.95 bits per heavy atom. The third-order valence-electron chi connectivity index (χ3n) is 5.00. The second-order valence-electron chi connectivity index (χ2n) is 6.87. The Hall–Kier alpha value is -0.910. The third kappa shape index (κ3) is 3.65. The van der Waals surface area contributed by atoms with Crippen molar-refractivity contribution in [3.63, 3.8) is 0 Å². The molecule has 0 saturated carbocycles. The molecule has 1 atom stereocenters. The van der Waals surface area contributed by atoms with Crippen LogP contribution in [0.15, 0.2) is 6.33 Å². The third-order valence-corrected chi connectivity index (χ3v) is 5.00. The van der Waals surface area contributed by atoms with Gasteiger partial charge in [-0.05, 0) is 31.8 Å². The summed E-state index contributed by atoms with van der Waals surface area (Å²) in [5, 5.41) is 10.4. The largest absolute Gasteiger partial charge is 0.390 e. The molecule has 3 heterocycles. The Morgan fingerprint density at radius 1 is 1.24 bits per heavy atom. The average Bonchev–Trinajstić information content (AvgIpc) is 2.82. The highest BCUT2D eigenvalue weighted by molar-refractivity contribution is 5.16. The molecule has 1 N–H and O–H groups in total. The van der Waals surface area contributed by atoms with Crippen molar-refractivity contribution in [2.75, 3.05) is 32.7 Å². The quantitative estimate of drug-likeness (QED) is 0.894. The molecule has 5 nitrogen and oxygen atoms in total. The topological polar surface area (TPSA) is 44.5 Å². The van der Waals surface area contributed by atoms with Crippen molar-refractivity contribution in [3.05, 3.63) is 17.7 Å². The van der Waals surface area contributed by atoms with Gasteiger partial charge in [0.05, 0.1) is 18.1 Å². The summed E-state index contributed by atoms with van der Waals surface area (Å²) in [6.45, 7) is 8.10. The molecular weight excluding hydrogens is 264 g/mol. The van der Waals surface area contributed by atoms with E-state index in [1.54, 1.807) is 0 Å². The van der Waals surface area contributed by atoms with Crippen molar-refractivity contribution in [2.24, 2.45) is 13.0 Å². The van der Waals surface area contributed by atoms with Crippen LogP contribution in [-0.2, 0) is 20.0 Å². The summed E-state index contributed by atoms with van der Waals surface area (Å²) in [6, 6.07) is 0. The zero-order chi connectivity index (χ0) is 14.8. The molecule has 0 amide bonds. The lowest BCUT2D eigenvalue weighted by atomic mass is 9.99. The van der Waals surface area contributed by atoms with Crippen molar-refractivity contribution >= 4 is 0 Å². The second-order valence-corrected chi connectivity index (χ2v) is 6.87. The molecule has 3 rings (SSSR count). The molecule has 0 radical (unpaired) electrons. The fourth-order valence-corrected chi connectivity index (χ4v) is 3.57. The molecule has 0 unspecified atom stereocenters. The zero-order valence-electron chi connectivity index (χ0n) is 13.3. The summed E-state index contributed by atoms with van der Waals surface area (Å²) in [5.41, 5.74) is 2.54. The maximum Gasteiger partial charge on any atom is 0.0949 e. The Kier molecular flexibility index (Phi) is 4.62. The number of rotatable bonds is 4. The lowest BCUT2D eigenvalue weighted by Gasteiger charge is -2.34. The molecule has 1 aromatic rings. The van der Waals surface area contributed by atoms with Gasteiger partial charge >= 0.3 is 0 Å². The first-order chi connectivity index (χ1) is 10.1. The molecule has 118 valence electrons. The smallest absolute Gasteiger partial charge is 0.0949 e. The Morgan fingerprint density at radius 3 is 2.71 bits per heavy atom. The van der Waals surface area contributed by atoms with Gasteiger partial charge < -0.3 is 14.6 Å². The lowest BCUT2D eigenvalue weighted by Crippen LogP contribution is -2.44. The fourth-order valence-electron chi connectivity index (χ4n) is 3.57. The van der Waals surface area contributed by atoms with Gasteiger partial charge in [0.15, 0.2) is 0 Å². The van der Waals surface area contributed by atoms with Crippen molar-refractivity contribution in [1.29, 1.82) is 0 Å². The molecule has 21 heavy (non-hydrogen) atoms. The minimum atomic E-state index is -0.247. The van der Waals surface area contributed by atoms with Gasteiger partial charge in [-0.1, -0.05) is 6.92 Å². The molecule has 1 fully saturated rings. The van der Waals surface area contributed by atoms with Crippen LogP contribution in [0.25, 0.3) is 0 Å². The number of piperidine rings is 1. The van der Waals surface area contributed by atoms with Gasteiger partial charge in [0, 0.05) is 45.3 Å². The van der Waals surface area contributed by atoms with E-state index in [2.05, 4.69) is 33.3 Å². The maximum atomic E-state index is 10.4. The van der Waals surface area contributed by atoms with E-state index in [-0.39, 0.29) is 6.10 Å². The normalized spacial score (nSPS) is 23.2. The van der Waals surface area contributed by atoms with Crippen molar-refractivity contribution in [1.82, 2.24) is 19.4 Å². The van der Waals surface area contributed by atoms with Crippen LogP contribution < -0.4 is 0 Å². The van der Waals surface area contributed by atoms with Gasteiger partial charge in [0.2, 0.25) is 0 Å². The van der Waals surface area contributed by atoms with Gasteiger partial charge in [-0.3, -0.25) is 4.90 Å². The molecule has 0 bridgehead atoms. The number of hydrogen-bond donors (Lipinski definition) is 1. The van der Waals surface area contributed by atoms with Gasteiger partial charge in [-0.25, -0.2) is 4.98 Å². The van der Waals surface area contributed by atoms with Crippen LogP contribution in [0.1, 0.15) is 31.2 Å². The van der Waals surface area contributed by atoms with Crippen LogP contribution >= 0.6 is 0 Å². The van der Waals surface area contributed by atoms with Gasteiger partial charge in [0.1, 0.15) is 0 Å². The first-order valence-electron chi connectivity index (χ1n) is 8.23. The van der Waals surface area contributed by atoms with Crippen LogP contribution in [0.4, 0.5) is 0 Å². The number of β-amino-alcohol motifs (C(OH)–C–C–N with tert-alkyl or cyclic N) is 1. The minimum absolute atomic E-state index is 0.247. The number of aliphatic hydroxyl groups excluding tert-OH is 1. The second kappa shape index (κ2) is 6.46. The minimum Gasteiger partial charge on any atom is -0.390 e. The van der Waals surface area contributed by atoms with E-state index in [4.69, 9.17) is 0 Å². The highest BCUT2D eigenvalue weighted by Gasteiger charge is 2.23. The number of aliphatic hydroxyl groups is 1. The number of likely N-dealkylation sites (tertiary alicyclic amines) is 1. The molecule has 1 saturated heterocycles. The highest BCUT2D eigenvalue weighted by atomic mass is 16.3. The summed E-state index contributed by atoms with van der Waals surface area (Å²) >= 11 is 0. The molecule has 1 aromatic heterocycles. The first kappa shape index (κ1) is 15.0. The predicted molar refractivity (Wildman–Crippen MR) is 83.0 cm³/mol. The highest BCUT2D eigenvalue weighted by Crippen LogP contribution is 2.18. The standard InChI is InChI=1S/C16H28N4O/c1-13-3-6-19(7-4-13)9-14(21)10-20-8-5-16-15(11-20)17-12-18(16)2/h12-14,21H,3-11H2,1-2H3/t14-/m0/s1. The predicted octanol–water partition coefficient (Wildman–Crippen LogP) is 0.871. The molecule has 0 aromatic carbocycles. The number of nitrogens with zero attached hydrogens (tertiary/aromatic N) is 4. The lowest BCUT2D eigenvalue weighted by molar-refractivity contribution is 0.0570. The summed E-state index contributed by atoms with van der Waals surface area (Å²) in [7, 11) is 2.06. The molecule has 2 aliphatic rings. The van der Waals surface area contributed by atoms with Gasteiger partial charge in [-0.2, -0.15) is 0 Å². The van der Waals surface area contributed by atoms with Crippen molar-refractivity contribution in [3.8, 4) is 0 Å². The molecule has 0 spiro atoms. The Balaban J connectivity index is 1.46. The Labute approximate surface area is 127 Å². The monoisotopic (exact) mass is 292 g/mol. The van der Waals surface area contributed by atoms with E-state index in [0.29, 0.717) is 0 Å². The zero-order valence-corrected chi connectivity index (χ0v) is 13.3. The van der Waals surface area contributed by atoms with E-state index in [1.807, 2.05) is 6.33 Å². The van der Waals surface area contributed by atoms with E-state index in [1.165, 1.54) is 24.2 Å². The van der Waals surface area contributed by atoms with Crippen LogP contribution in [0.2, 0.25) is 0 Å². The average molecular weight is 292 g/mol.